The number of hydrogen-bond donors (Lipinski definition) is 1. The maximum Gasteiger partial charge on any atom is 0.407 e. The Balaban J connectivity index is 2.76. The molecule has 6 heteroatoms. The number of aromatic nitrogens is 1. The molecule has 0 aliphatic rings. The van der Waals surface area contributed by atoms with E-state index in [0.29, 0.717) is 5.75 Å². The molecule has 1 N–H and O–H groups in total. The molecule has 0 saturated carbocycles. The lowest BCUT2D eigenvalue weighted by molar-refractivity contribution is 0.0924. The zero-order chi connectivity index (χ0) is 12.1. The summed E-state index contributed by atoms with van der Waals surface area (Å²) >= 11 is 0. The van der Waals surface area contributed by atoms with Crippen LogP contribution in [0.5, 0.6) is 5.75 Å². The fourth-order valence-electron chi connectivity index (χ4n) is 1.05. The highest BCUT2D eigenvalue weighted by Gasteiger charge is 2.14. The van der Waals surface area contributed by atoms with Crippen LogP contribution in [0.3, 0.4) is 0 Å². The minimum Gasteiger partial charge on any atom is -0.497 e. The van der Waals surface area contributed by atoms with E-state index in [1.807, 2.05) is 0 Å². The molecule has 0 atom stereocenters. The van der Waals surface area contributed by atoms with Crippen molar-refractivity contribution in [1.29, 1.82) is 0 Å². The van der Waals surface area contributed by atoms with Gasteiger partial charge in [-0.3, -0.25) is 9.78 Å². The number of hydrogen-bond acceptors (Lipinski definition) is 4. The van der Waals surface area contributed by atoms with Crippen molar-refractivity contribution >= 4 is 11.9 Å². The van der Waals surface area contributed by atoms with Crippen LogP contribution in [0.2, 0.25) is 0 Å². The average Bonchev–Trinajstić information content (AvgIpc) is 2.28. The summed E-state index contributed by atoms with van der Waals surface area (Å²) in [5.41, 5.74) is 0.187. The van der Waals surface area contributed by atoms with Gasteiger partial charge in [0.05, 0.1) is 13.7 Å². The van der Waals surface area contributed by atoms with Crippen LogP contribution in [0.15, 0.2) is 18.3 Å². The second-order valence-corrected chi connectivity index (χ2v) is 3.14. The lowest BCUT2D eigenvalue weighted by Gasteiger charge is -2.11. The van der Waals surface area contributed by atoms with E-state index in [4.69, 9.17) is 9.84 Å². The first-order valence-corrected chi connectivity index (χ1v) is 4.52. The number of carboxylic acid groups (broad SMARTS) is 1. The largest absolute Gasteiger partial charge is 0.497 e. The van der Waals surface area contributed by atoms with Crippen LogP contribution in [-0.2, 0) is 0 Å². The fourth-order valence-corrected chi connectivity index (χ4v) is 1.05. The SMILES string of the molecule is COc1ccnc(C(=O)CN(C)C(=O)O)c1. The number of rotatable bonds is 4. The van der Waals surface area contributed by atoms with E-state index in [1.165, 1.54) is 26.4 Å². The summed E-state index contributed by atoms with van der Waals surface area (Å²) in [7, 11) is 2.80. The van der Waals surface area contributed by atoms with Gasteiger partial charge in [-0.2, -0.15) is 0 Å². The molecule has 0 unspecified atom stereocenters. The Bertz CT molecular complexity index is 406. The van der Waals surface area contributed by atoms with Crippen molar-refractivity contribution in [2.75, 3.05) is 20.7 Å². The normalized spacial score (nSPS) is 9.62. The van der Waals surface area contributed by atoms with Gasteiger partial charge in [0.25, 0.3) is 0 Å². The highest BCUT2D eigenvalue weighted by Crippen LogP contribution is 2.10. The van der Waals surface area contributed by atoms with Gasteiger partial charge < -0.3 is 14.7 Å². The Morgan fingerprint density at radius 1 is 1.56 bits per heavy atom. The predicted octanol–water partition coefficient (Wildman–Crippen LogP) is 0.883. The Morgan fingerprint density at radius 3 is 2.81 bits per heavy atom. The summed E-state index contributed by atoms with van der Waals surface area (Å²) in [4.78, 5) is 26.9. The lowest BCUT2D eigenvalue weighted by Crippen LogP contribution is -2.31. The van der Waals surface area contributed by atoms with Crippen molar-refractivity contribution < 1.29 is 19.4 Å². The zero-order valence-corrected chi connectivity index (χ0v) is 9.01. The molecule has 0 aromatic carbocycles. The third-order valence-electron chi connectivity index (χ3n) is 1.96. The molecule has 0 spiro atoms. The van der Waals surface area contributed by atoms with Gasteiger partial charge in [0.15, 0.2) is 0 Å². The number of Topliss-reactive ketones (excluding diaryl/α,β-unsaturated/α-hetero) is 1. The number of ether oxygens (including phenoxy) is 1. The summed E-state index contributed by atoms with van der Waals surface area (Å²) in [5, 5.41) is 8.61. The molecule has 0 aliphatic heterocycles. The Kier molecular flexibility index (Phi) is 3.82. The third-order valence-corrected chi connectivity index (χ3v) is 1.96. The van der Waals surface area contributed by atoms with E-state index in [1.54, 1.807) is 6.07 Å². The second kappa shape index (κ2) is 5.11. The highest BCUT2D eigenvalue weighted by atomic mass is 16.5. The van der Waals surface area contributed by atoms with E-state index >= 15 is 0 Å². The molecular formula is C10H12N2O4. The predicted molar refractivity (Wildman–Crippen MR) is 55.8 cm³/mol. The Hall–Kier alpha value is -2.11. The summed E-state index contributed by atoms with van der Waals surface area (Å²) in [6, 6.07) is 3.08. The number of ketones is 1. The molecule has 0 radical (unpaired) electrons. The summed E-state index contributed by atoms with van der Waals surface area (Å²) in [5.74, 6) is 0.139. The monoisotopic (exact) mass is 224 g/mol. The van der Waals surface area contributed by atoms with Crippen LogP contribution in [0.25, 0.3) is 0 Å². The maximum absolute atomic E-state index is 11.6. The molecule has 0 fully saturated rings. The van der Waals surface area contributed by atoms with E-state index in [0.717, 1.165) is 4.90 Å². The highest BCUT2D eigenvalue weighted by molar-refractivity contribution is 5.97. The molecular weight excluding hydrogens is 212 g/mol. The van der Waals surface area contributed by atoms with Gasteiger partial charge in [0, 0.05) is 19.3 Å². The fraction of sp³-hybridized carbons (Fsp3) is 0.300. The molecule has 0 bridgehead atoms. The molecule has 0 aliphatic carbocycles. The molecule has 6 nitrogen and oxygen atoms in total. The quantitative estimate of drug-likeness (QED) is 0.768. The number of methoxy groups -OCH3 is 1. The van der Waals surface area contributed by atoms with E-state index in [2.05, 4.69) is 4.98 Å². The van der Waals surface area contributed by atoms with Gasteiger partial charge >= 0.3 is 6.09 Å². The smallest absolute Gasteiger partial charge is 0.407 e. The summed E-state index contributed by atoms with van der Waals surface area (Å²) in [6.07, 6.45) is 0.281. The van der Waals surface area contributed by atoms with Crippen LogP contribution >= 0.6 is 0 Å². The number of nitrogens with zero attached hydrogens (tertiary/aromatic N) is 2. The number of pyridine rings is 1. The molecule has 16 heavy (non-hydrogen) atoms. The topological polar surface area (TPSA) is 79.7 Å². The van der Waals surface area contributed by atoms with Crippen LogP contribution in [0, 0.1) is 0 Å². The first kappa shape index (κ1) is 12.0. The van der Waals surface area contributed by atoms with E-state index in [9.17, 15) is 9.59 Å². The van der Waals surface area contributed by atoms with Gasteiger partial charge in [-0.25, -0.2) is 4.79 Å². The van der Waals surface area contributed by atoms with Crippen LogP contribution in [0.4, 0.5) is 4.79 Å². The van der Waals surface area contributed by atoms with Crippen molar-refractivity contribution in [3.05, 3.63) is 24.0 Å². The van der Waals surface area contributed by atoms with Crippen molar-refractivity contribution in [2.45, 2.75) is 0 Å². The zero-order valence-electron chi connectivity index (χ0n) is 9.01. The molecule has 1 heterocycles. The number of likely N-dealkylation sites (N-methyl/N-ethyl adjacent to an activating group) is 1. The molecule has 1 rings (SSSR count). The Morgan fingerprint density at radius 2 is 2.25 bits per heavy atom. The first-order valence-electron chi connectivity index (χ1n) is 4.52. The average molecular weight is 224 g/mol. The summed E-state index contributed by atoms with van der Waals surface area (Å²) in [6.45, 7) is -0.227. The standard InChI is InChI=1S/C10H12N2O4/c1-12(10(14)15)6-9(13)8-5-7(16-2)3-4-11-8/h3-5H,6H2,1-2H3,(H,14,15). The second-order valence-electron chi connectivity index (χ2n) is 3.14. The van der Waals surface area contributed by atoms with Crippen molar-refractivity contribution in [2.24, 2.45) is 0 Å². The van der Waals surface area contributed by atoms with Crippen LogP contribution in [-0.4, -0.2) is 47.6 Å². The van der Waals surface area contributed by atoms with Gasteiger partial charge in [-0.1, -0.05) is 0 Å². The molecule has 0 saturated heterocycles. The maximum atomic E-state index is 11.6. The summed E-state index contributed by atoms with van der Waals surface area (Å²) < 4.78 is 4.94. The van der Waals surface area contributed by atoms with Crippen LogP contribution in [0.1, 0.15) is 10.5 Å². The van der Waals surface area contributed by atoms with Gasteiger partial charge in [0.1, 0.15) is 11.4 Å². The number of amides is 1. The van der Waals surface area contributed by atoms with Crippen molar-refractivity contribution in [3.63, 3.8) is 0 Å². The molecule has 1 aromatic heterocycles. The first-order chi connectivity index (χ1) is 7.54. The van der Waals surface area contributed by atoms with Gasteiger partial charge in [-0.05, 0) is 6.07 Å². The number of carbonyl (C=O) groups excluding carboxylic acids is 1. The Labute approximate surface area is 92.5 Å². The van der Waals surface area contributed by atoms with Crippen LogP contribution < -0.4 is 4.74 Å². The van der Waals surface area contributed by atoms with E-state index in [-0.39, 0.29) is 18.0 Å². The molecule has 1 aromatic rings. The lowest BCUT2D eigenvalue weighted by atomic mass is 10.2. The minimum absolute atomic E-state index is 0.187. The third kappa shape index (κ3) is 2.94. The molecule has 86 valence electrons. The van der Waals surface area contributed by atoms with Crippen molar-refractivity contribution in [3.8, 4) is 5.75 Å². The van der Waals surface area contributed by atoms with E-state index < -0.39 is 6.09 Å². The van der Waals surface area contributed by atoms with Crippen molar-refractivity contribution in [1.82, 2.24) is 9.88 Å². The minimum atomic E-state index is -1.16. The van der Waals surface area contributed by atoms with Gasteiger partial charge in [0.2, 0.25) is 5.78 Å². The van der Waals surface area contributed by atoms with Gasteiger partial charge in [-0.15, -0.1) is 0 Å². The number of carbonyl (C=O) groups is 2. The molecule has 1 amide bonds.